The van der Waals surface area contributed by atoms with Crippen molar-refractivity contribution < 1.29 is 0 Å². The average molecular weight is 711 g/mol. The molecule has 0 heterocycles. The normalized spacial score (nSPS) is 11.2. The minimum absolute atomic E-state index is 1.19. The van der Waals surface area contributed by atoms with Crippen molar-refractivity contribution in [1.29, 1.82) is 0 Å². The van der Waals surface area contributed by atoms with Crippen molar-refractivity contribution in [2.24, 2.45) is 0 Å². The number of benzene rings is 10. The first-order chi connectivity index (χ1) is 27.8. The molecule has 0 bridgehead atoms. The van der Waals surface area contributed by atoms with Crippen molar-refractivity contribution in [3.63, 3.8) is 0 Å². The number of fused-ring (bicyclic) bond motifs is 2. The Morgan fingerprint density at radius 1 is 0.161 bits per heavy atom. The molecule has 0 atom stereocenters. The number of rotatable bonds is 7. The fourth-order valence-corrected chi connectivity index (χ4v) is 8.37. The molecule has 0 fully saturated rings. The van der Waals surface area contributed by atoms with Gasteiger partial charge < -0.3 is 0 Å². The summed E-state index contributed by atoms with van der Waals surface area (Å²) in [6, 6.07) is 83.9. The third kappa shape index (κ3) is 6.18. The molecule has 10 rings (SSSR count). The highest BCUT2D eigenvalue weighted by molar-refractivity contribution is 6.21. The molecular weight excluding hydrogens is 673 g/mol. The maximum atomic E-state index is 2.42. The second-order valence-corrected chi connectivity index (χ2v) is 14.4. The molecule has 0 unspecified atom stereocenters. The van der Waals surface area contributed by atoms with Gasteiger partial charge in [-0.25, -0.2) is 0 Å². The van der Waals surface area contributed by atoms with E-state index in [4.69, 9.17) is 0 Å². The predicted octanol–water partition coefficient (Wildman–Crippen LogP) is 15.7. The molecule has 0 heteroatoms. The summed E-state index contributed by atoms with van der Waals surface area (Å²) in [6.45, 7) is 0. The molecule has 10 aromatic rings. The van der Waals surface area contributed by atoms with Crippen LogP contribution >= 0.6 is 0 Å². The largest absolute Gasteiger partial charge is 0.0622 e. The lowest BCUT2D eigenvalue weighted by Crippen LogP contribution is -1.93. The van der Waals surface area contributed by atoms with Crippen LogP contribution in [0.15, 0.2) is 231 Å². The molecule has 0 aromatic heterocycles. The van der Waals surface area contributed by atoms with E-state index >= 15 is 0 Å². The van der Waals surface area contributed by atoms with E-state index in [1.165, 1.54) is 99.4 Å². The Kier molecular flexibility index (Phi) is 8.63. The van der Waals surface area contributed by atoms with Crippen LogP contribution in [-0.4, -0.2) is 0 Å². The van der Waals surface area contributed by atoms with Gasteiger partial charge in [0, 0.05) is 0 Å². The second kappa shape index (κ2) is 14.5. The van der Waals surface area contributed by atoms with Crippen molar-refractivity contribution in [2.45, 2.75) is 0 Å². The maximum Gasteiger partial charge on any atom is -0.00261 e. The van der Waals surface area contributed by atoms with Gasteiger partial charge in [-0.3, -0.25) is 0 Å². The zero-order chi connectivity index (χ0) is 37.3. The monoisotopic (exact) mass is 710 g/mol. The standard InChI is InChI=1S/C56H38/c1-4-15-39(16-5-1)41-27-29-42(30-28-41)43-31-33-44(34-32-43)54-38-48(35-36-49(54)47-22-14-21-46(37-47)40-17-6-2-7-18-40)56-52-25-12-10-23-50(52)55(45-19-8-3-9-20-45)51-24-11-13-26-53(51)56/h1-38H. The first-order valence-electron chi connectivity index (χ1n) is 19.3. The fourth-order valence-electron chi connectivity index (χ4n) is 8.37. The summed E-state index contributed by atoms with van der Waals surface area (Å²) in [7, 11) is 0. The van der Waals surface area contributed by atoms with Gasteiger partial charge in [-0.1, -0.05) is 218 Å². The van der Waals surface area contributed by atoms with Crippen molar-refractivity contribution in [3.8, 4) is 77.9 Å². The summed E-state index contributed by atoms with van der Waals surface area (Å²) in [5, 5.41) is 5.03. The van der Waals surface area contributed by atoms with E-state index in [-0.39, 0.29) is 0 Å². The zero-order valence-corrected chi connectivity index (χ0v) is 30.9. The Labute approximate surface area is 328 Å². The molecule has 56 heavy (non-hydrogen) atoms. The molecule has 0 N–H and O–H groups in total. The lowest BCUT2D eigenvalue weighted by Gasteiger charge is -2.19. The molecule has 0 saturated heterocycles. The zero-order valence-electron chi connectivity index (χ0n) is 30.9. The van der Waals surface area contributed by atoms with Crippen molar-refractivity contribution >= 4 is 21.5 Å². The summed E-state index contributed by atoms with van der Waals surface area (Å²) in [6.07, 6.45) is 0. The minimum Gasteiger partial charge on any atom is -0.0622 e. The van der Waals surface area contributed by atoms with Gasteiger partial charge in [0.1, 0.15) is 0 Å². The summed E-state index contributed by atoms with van der Waals surface area (Å²) in [5.41, 5.74) is 17.1. The molecule has 0 aliphatic carbocycles. The molecule has 10 aromatic carbocycles. The summed E-state index contributed by atoms with van der Waals surface area (Å²) in [4.78, 5) is 0. The van der Waals surface area contributed by atoms with E-state index in [1.54, 1.807) is 0 Å². The molecule has 0 aliphatic rings. The smallest absolute Gasteiger partial charge is 0.00261 e. The van der Waals surface area contributed by atoms with Crippen LogP contribution in [0.5, 0.6) is 0 Å². The molecule has 0 saturated carbocycles. The second-order valence-electron chi connectivity index (χ2n) is 14.4. The van der Waals surface area contributed by atoms with Crippen LogP contribution in [0.2, 0.25) is 0 Å². The SMILES string of the molecule is c1ccc(-c2ccc(-c3ccc(-c4cc(-c5c6ccccc6c(-c6ccccc6)c6ccccc56)ccc4-c4cccc(-c5ccccc5)c4)cc3)cc2)cc1. The van der Waals surface area contributed by atoms with Crippen LogP contribution in [0.3, 0.4) is 0 Å². The third-order valence-corrected chi connectivity index (χ3v) is 11.1. The number of hydrogen-bond donors (Lipinski definition) is 0. The Balaban J connectivity index is 1.14. The Bertz CT molecular complexity index is 2900. The highest BCUT2D eigenvalue weighted by Gasteiger charge is 2.18. The van der Waals surface area contributed by atoms with Crippen molar-refractivity contribution in [3.05, 3.63) is 231 Å². The quantitative estimate of drug-likeness (QED) is 0.144. The summed E-state index contributed by atoms with van der Waals surface area (Å²) >= 11 is 0. The minimum atomic E-state index is 1.19. The van der Waals surface area contributed by atoms with E-state index in [1.807, 2.05) is 0 Å². The Hall–Kier alpha value is -7.28. The Morgan fingerprint density at radius 2 is 0.500 bits per heavy atom. The Morgan fingerprint density at radius 3 is 1.00 bits per heavy atom. The average Bonchev–Trinajstić information content (AvgIpc) is 3.29. The topological polar surface area (TPSA) is 0 Å². The van der Waals surface area contributed by atoms with Crippen molar-refractivity contribution in [1.82, 2.24) is 0 Å². The van der Waals surface area contributed by atoms with Crippen LogP contribution in [0, 0.1) is 0 Å². The van der Waals surface area contributed by atoms with Gasteiger partial charge in [0.25, 0.3) is 0 Å². The van der Waals surface area contributed by atoms with Gasteiger partial charge in [0.05, 0.1) is 0 Å². The van der Waals surface area contributed by atoms with E-state index in [2.05, 4.69) is 231 Å². The van der Waals surface area contributed by atoms with Crippen LogP contribution in [0.4, 0.5) is 0 Å². The van der Waals surface area contributed by atoms with E-state index in [0.29, 0.717) is 0 Å². The van der Waals surface area contributed by atoms with Gasteiger partial charge >= 0.3 is 0 Å². The molecule has 0 amide bonds. The van der Waals surface area contributed by atoms with Crippen LogP contribution in [0.25, 0.3) is 99.4 Å². The predicted molar refractivity (Wildman–Crippen MR) is 240 cm³/mol. The van der Waals surface area contributed by atoms with Gasteiger partial charge in [-0.15, -0.1) is 0 Å². The van der Waals surface area contributed by atoms with Crippen molar-refractivity contribution in [2.75, 3.05) is 0 Å². The van der Waals surface area contributed by atoms with Gasteiger partial charge in [0.15, 0.2) is 0 Å². The highest BCUT2D eigenvalue weighted by atomic mass is 14.2. The van der Waals surface area contributed by atoms with E-state index in [0.717, 1.165) is 0 Å². The summed E-state index contributed by atoms with van der Waals surface area (Å²) < 4.78 is 0. The first-order valence-corrected chi connectivity index (χ1v) is 19.3. The summed E-state index contributed by atoms with van der Waals surface area (Å²) in [5.74, 6) is 0. The van der Waals surface area contributed by atoms with Crippen LogP contribution in [-0.2, 0) is 0 Å². The molecule has 0 radical (unpaired) electrons. The molecule has 0 spiro atoms. The molecular formula is C56H38. The number of hydrogen-bond acceptors (Lipinski definition) is 0. The van der Waals surface area contributed by atoms with E-state index < -0.39 is 0 Å². The van der Waals surface area contributed by atoms with Gasteiger partial charge in [-0.05, 0) is 112 Å². The molecule has 262 valence electrons. The maximum absolute atomic E-state index is 2.42. The van der Waals surface area contributed by atoms with Crippen LogP contribution in [0.1, 0.15) is 0 Å². The lowest BCUT2D eigenvalue weighted by molar-refractivity contribution is 1.55. The van der Waals surface area contributed by atoms with E-state index in [9.17, 15) is 0 Å². The van der Waals surface area contributed by atoms with Gasteiger partial charge in [0.2, 0.25) is 0 Å². The molecule has 0 nitrogen and oxygen atoms in total. The van der Waals surface area contributed by atoms with Gasteiger partial charge in [-0.2, -0.15) is 0 Å². The fraction of sp³-hybridized carbons (Fsp3) is 0. The lowest BCUT2D eigenvalue weighted by atomic mass is 9.84. The van der Waals surface area contributed by atoms with Crippen LogP contribution < -0.4 is 0 Å². The first kappa shape index (κ1) is 33.3. The highest BCUT2D eigenvalue weighted by Crippen LogP contribution is 2.46. The third-order valence-electron chi connectivity index (χ3n) is 11.1. The molecule has 0 aliphatic heterocycles.